The van der Waals surface area contributed by atoms with Crippen LogP contribution in [0.4, 0.5) is 5.69 Å². The number of benzene rings is 3. The van der Waals surface area contributed by atoms with Crippen molar-refractivity contribution in [3.63, 3.8) is 0 Å². The Morgan fingerprint density at radius 2 is 1.39 bits per heavy atom. The molecule has 1 amide bonds. The van der Waals surface area contributed by atoms with Crippen molar-refractivity contribution in [3.8, 4) is 0 Å². The topological polar surface area (TPSA) is 66.5 Å². The average Bonchev–Trinajstić information content (AvgIpc) is 2.74. The van der Waals surface area contributed by atoms with Crippen LogP contribution in [-0.2, 0) is 10.0 Å². The summed E-state index contributed by atoms with van der Waals surface area (Å²) in [4.78, 5) is 12.6. The Labute approximate surface area is 165 Å². The molecule has 0 aliphatic heterocycles. The van der Waals surface area contributed by atoms with Gasteiger partial charge in [0.1, 0.15) is 0 Å². The summed E-state index contributed by atoms with van der Waals surface area (Å²) in [7, 11) is -2.19. The third kappa shape index (κ3) is 4.23. The van der Waals surface area contributed by atoms with E-state index in [9.17, 15) is 13.2 Å². The molecule has 144 valence electrons. The molecular weight excluding hydrogens is 372 g/mol. The zero-order valence-electron chi connectivity index (χ0n) is 15.7. The number of sulfonamides is 1. The summed E-state index contributed by atoms with van der Waals surface area (Å²) in [5.41, 5.74) is 1.98. The van der Waals surface area contributed by atoms with E-state index in [1.807, 2.05) is 43.3 Å². The van der Waals surface area contributed by atoms with Crippen LogP contribution in [0.25, 0.3) is 0 Å². The van der Waals surface area contributed by atoms with Gasteiger partial charge in [0.25, 0.3) is 15.9 Å². The van der Waals surface area contributed by atoms with Crippen LogP contribution in [0, 0.1) is 0 Å². The predicted octanol–water partition coefficient (Wildman–Crippen LogP) is 4.00. The van der Waals surface area contributed by atoms with Crippen molar-refractivity contribution < 1.29 is 13.2 Å². The van der Waals surface area contributed by atoms with Crippen molar-refractivity contribution >= 4 is 21.6 Å². The molecule has 0 spiro atoms. The van der Waals surface area contributed by atoms with Gasteiger partial charge < -0.3 is 5.32 Å². The molecule has 3 aromatic carbocycles. The second kappa shape index (κ2) is 8.27. The highest BCUT2D eigenvalue weighted by atomic mass is 32.2. The molecular formula is C22H22N2O3S. The molecule has 0 saturated carbocycles. The molecule has 0 aliphatic carbocycles. The van der Waals surface area contributed by atoms with Gasteiger partial charge in [-0.25, -0.2) is 8.42 Å². The van der Waals surface area contributed by atoms with E-state index in [4.69, 9.17) is 0 Å². The van der Waals surface area contributed by atoms with E-state index in [1.54, 1.807) is 24.3 Å². The fraction of sp³-hybridized carbons (Fsp3) is 0.136. The quantitative estimate of drug-likeness (QED) is 0.687. The Morgan fingerprint density at radius 3 is 1.96 bits per heavy atom. The van der Waals surface area contributed by atoms with E-state index in [1.165, 1.54) is 35.6 Å². The first kappa shape index (κ1) is 19.6. The van der Waals surface area contributed by atoms with E-state index in [0.717, 1.165) is 5.56 Å². The number of nitrogens with zero attached hydrogens (tertiary/aromatic N) is 1. The summed E-state index contributed by atoms with van der Waals surface area (Å²) in [5.74, 6) is -0.253. The Hall–Kier alpha value is -3.12. The second-order valence-corrected chi connectivity index (χ2v) is 8.41. The third-order valence-electron chi connectivity index (χ3n) is 4.54. The Kier molecular flexibility index (Phi) is 5.80. The van der Waals surface area contributed by atoms with Gasteiger partial charge in [-0.15, -0.1) is 0 Å². The molecule has 0 bridgehead atoms. The highest BCUT2D eigenvalue weighted by Crippen LogP contribution is 2.22. The van der Waals surface area contributed by atoms with E-state index < -0.39 is 10.0 Å². The third-order valence-corrected chi connectivity index (χ3v) is 6.34. The van der Waals surface area contributed by atoms with E-state index in [0.29, 0.717) is 11.3 Å². The lowest BCUT2D eigenvalue weighted by atomic mass is 10.1. The summed E-state index contributed by atoms with van der Waals surface area (Å²) >= 11 is 0. The lowest BCUT2D eigenvalue weighted by Crippen LogP contribution is -2.28. The van der Waals surface area contributed by atoms with Crippen molar-refractivity contribution in [3.05, 3.63) is 96.1 Å². The molecule has 5 nitrogen and oxygen atoms in total. The van der Waals surface area contributed by atoms with Crippen LogP contribution >= 0.6 is 0 Å². The number of carbonyl (C=O) groups excluding carboxylic acids is 1. The van der Waals surface area contributed by atoms with E-state index in [-0.39, 0.29) is 16.8 Å². The maximum atomic E-state index is 12.8. The molecule has 0 radical (unpaired) electrons. The van der Waals surface area contributed by atoms with E-state index in [2.05, 4.69) is 5.32 Å². The van der Waals surface area contributed by atoms with Crippen LogP contribution in [0.3, 0.4) is 0 Å². The Balaban J connectivity index is 1.75. The normalized spacial score (nSPS) is 12.2. The summed E-state index contributed by atoms with van der Waals surface area (Å²) in [6.45, 7) is 1.90. The van der Waals surface area contributed by atoms with Crippen LogP contribution < -0.4 is 9.62 Å². The largest absolute Gasteiger partial charge is 0.346 e. The number of amides is 1. The summed E-state index contributed by atoms with van der Waals surface area (Å²) in [5, 5.41) is 2.92. The monoisotopic (exact) mass is 394 g/mol. The molecule has 3 aromatic rings. The number of hydrogen-bond acceptors (Lipinski definition) is 3. The van der Waals surface area contributed by atoms with Gasteiger partial charge in [0.05, 0.1) is 16.6 Å². The van der Waals surface area contributed by atoms with Gasteiger partial charge in [0, 0.05) is 12.6 Å². The summed E-state index contributed by atoms with van der Waals surface area (Å²) in [6, 6.07) is 24.3. The number of carbonyl (C=O) groups is 1. The van der Waals surface area contributed by atoms with Gasteiger partial charge in [-0.1, -0.05) is 48.5 Å². The average molecular weight is 394 g/mol. The molecule has 1 N–H and O–H groups in total. The fourth-order valence-electron chi connectivity index (χ4n) is 2.82. The van der Waals surface area contributed by atoms with Crippen LogP contribution in [-0.4, -0.2) is 21.4 Å². The zero-order valence-corrected chi connectivity index (χ0v) is 16.6. The van der Waals surface area contributed by atoms with Crippen LogP contribution in [0.1, 0.15) is 28.9 Å². The van der Waals surface area contributed by atoms with Crippen molar-refractivity contribution in [2.75, 3.05) is 11.4 Å². The maximum Gasteiger partial charge on any atom is 0.264 e. The maximum absolute atomic E-state index is 12.8. The molecule has 28 heavy (non-hydrogen) atoms. The molecule has 6 heteroatoms. The molecule has 0 heterocycles. The Morgan fingerprint density at radius 1 is 0.857 bits per heavy atom. The van der Waals surface area contributed by atoms with Crippen molar-refractivity contribution in [1.82, 2.24) is 5.32 Å². The van der Waals surface area contributed by atoms with Gasteiger partial charge in [-0.05, 0) is 48.9 Å². The second-order valence-electron chi connectivity index (χ2n) is 6.44. The standard InChI is InChI=1S/C22H22N2O3S/c1-17(18-9-5-3-6-10-18)23-22(25)19-13-15-21(16-14-19)28(26,27)24(2)20-11-7-4-8-12-20/h3-17H,1-2H3,(H,23,25)/t17-/m1/s1. The molecule has 0 unspecified atom stereocenters. The molecule has 0 fully saturated rings. The van der Waals surface area contributed by atoms with Crippen molar-refractivity contribution in [1.29, 1.82) is 0 Å². The molecule has 0 aliphatic rings. The summed E-state index contributed by atoms with van der Waals surface area (Å²) < 4.78 is 26.8. The van der Waals surface area contributed by atoms with Gasteiger partial charge in [-0.2, -0.15) is 0 Å². The van der Waals surface area contributed by atoms with Gasteiger partial charge in [0.2, 0.25) is 0 Å². The smallest absolute Gasteiger partial charge is 0.264 e. The SMILES string of the molecule is C[C@@H](NC(=O)c1ccc(S(=O)(=O)N(C)c2ccccc2)cc1)c1ccccc1. The minimum Gasteiger partial charge on any atom is -0.346 e. The first-order chi connectivity index (χ1) is 13.4. The van der Waals surface area contributed by atoms with E-state index >= 15 is 0 Å². The number of anilines is 1. The van der Waals surface area contributed by atoms with Gasteiger partial charge >= 0.3 is 0 Å². The highest BCUT2D eigenvalue weighted by Gasteiger charge is 2.21. The first-order valence-corrected chi connectivity index (χ1v) is 10.3. The first-order valence-electron chi connectivity index (χ1n) is 8.89. The predicted molar refractivity (Wildman–Crippen MR) is 111 cm³/mol. The van der Waals surface area contributed by atoms with Gasteiger partial charge in [0.15, 0.2) is 0 Å². The molecule has 0 saturated heterocycles. The lowest BCUT2D eigenvalue weighted by molar-refractivity contribution is 0.0940. The van der Waals surface area contributed by atoms with Crippen LogP contribution in [0.2, 0.25) is 0 Å². The lowest BCUT2D eigenvalue weighted by Gasteiger charge is -2.19. The molecule has 0 aromatic heterocycles. The van der Waals surface area contributed by atoms with Crippen LogP contribution in [0.15, 0.2) is 89.8 Å². The zero-order chi connectivity index (χ0) is 20.1. The number of hydrogen-bond donors (Lipinski definition) is 1. The van der Waals surface area contributed by atoms with Crippen molar-refractivity contribution in [2.45, 2.75) is 17.9 Å². The number of rotatable bonds is 6. The minimum atomic E-state index is -3.70. The number of nitrogens with one attached hydrogen (secondary N) is 1. The fourth-order valence-corrected chi connectivity index (χ4v) is 4.01. The Bertz CT molecular complexity index is 1030. The van der Waals surface area contributed by atoms with Crippen molar-refractivity contribution in [2.24, 2.45) is 0 Å². The van der Waals surface area contributed by atoms with Crippen LogP contribution in [0.5, 0.6) is 0 Å². The molecule has 1 atom stereocenters. The highest BCUT2D eigenvalue weighted by molar-refractivity contribution is 7.92. The minimum absolute atomic E-state index is 0.131. The van der Waals surface area contributed by atoms with Gasteiger partial charge in [-0.3, -0.25) is 9.10 Å². The molecule has 3 rings (SSSR count). The summed E-state index contributed by atoms with van der Waals surface area (Å²) in [6.07, 6.45) is 0. The number of para-hydroxylation sites is 1.